The van der Waals surface area contributed by atoms with Crippen LogP contribution in [-0.2, 0) is 20.7 Å². The lowest BCUT2D eigenvalue weighted by Crippen LogP contribution is -2.28. The van der Waals surface area contributed by atoms with Gasteiger partial charge in [0.15, 0.2) is 0 Å². The summed E-state index contributed by atoms with van der Waals surface area (Å²) >= 11 is 0. The van der Waals surface area contributed by atoms with Crippen LogP contribution in [-0.4, -0.2) is 23.3 Å². The van der Waals surface area contributed by atoms with Gasteiger partial charge in [-0.1, -0.05) is 31.2 Å². The summed E-state index contributed by atoms with van der Waals surface area (Å²) in [6.45, 7) is 3.90. The van der Waals surface area contributed by atoms with Crippen molar-refractivity contribution in [3.63, 3.8) is 0 Å². The van der Waals surface area contributed by atoms with Crippen LogP contribution in [0.25, 0.3) is 11.3 Å². The van der Waals surface area contributed by atoms with E-state index in [1.54, 1.807) is 25.3 Å². The Bertz CT molecular complexity index is 789. The van der Waals surface area contributed by atoms with Gasteiger partial charge in [0, 0.05) is 18.2 Å². The van der Waals surface area contributed by atoms with Crippen LogP contribution < -0.4 is 0 Å². The normalized spacial score (nSPS) is 11.4. The maximum Gasteiger partial charge on any atom is 0.316 e. The highest BCUT2D eigenvalue weighted by atomic mass is 16.5. The van der Waals surface area contributed by atoms with Gasteiger partial charge in [-0.05, 0) is 37.5 Å². The number of pyridine rings is 1. The van der Waals surface area contributed by atoms with E-state index in [0.29, 0.717) is 30.5 Å². The zero-order valence-electron chi connectivity index (χ0n) is 15.1. The van der Waals surface area contributed by atoms with Gasteiger partial charge >= 0.3 is 5.97 Å². The predicted molar refractivity (Wildman–Crippen MR) is 98.1 cm³/mol. The maximum atomic E-state index is 12.3. The molecule has 0 bridgehead atoms. The van der Waals surface area contributed by atoms with Gasteiger partial charge in [0.1, 0.15) is 17.8 Å². The van der Waals surface area contributed by atoms with Crippen LogP contribution in [0.1, 0.15) is 37.8 Å². The molecule has 0 aliphatic carbocycles. The summed E-state index contributed by atoms with van der Waals surface area (Å²) in [7, 11) is 0. The van der Waals surface area contributed by atoms with Gasteiger partial charge in [0.25, 0.3) is 0 Å². The number of carbonyl (C=O) groups excluding carboxylic acids is 2. The van der Waals surface area contributed by atoms with Crippen LogP contribution in [0.2, 0.25) is 0 Å². The third kappa shape index (κ3) is 4.76. The van der Waals surface area contributed by atoms with Crippen LogP contribution in [0.4, 0.5) is 0 Å². The standard InChI is InChI=1S/C21H22N2O3/c1-3-6-19(24)18(21(25)26-4-2)13-15-8-10-16(11-9-15)20-17(14-22)7-5-12-23-20/h5,7-12,18H,3-4,6,13H2,1-2H3. The van der Waals surface area contributed by atoms with Crippen molar-refractivity contribution in [2.24, 2.45) is 5.92 Å². The molecule has 0 amide bonds. The van der Waals surface area contributed by atoms with E-state index in [4.69, 9.17) is 4.74 Å². The Balaban J connectivity index is 2.21. The van der Waals surface area contributed by atoms with E-state index in [1.807, 2.05) is 31.2 Å². The van der Waals surface area contributed by atoms with Gasteiger partial charge in [-0.2, -0.15) is 5.26 Å². The van der Waals surface area contributed by atoms with Crippen molar-refractivity contribution in [1.82, 2.24) is 4.98 Å². The Morgan fingerprint density at radius 3 is 2.54 bits per heavy atom. The molecule has 5 nitrogen and oxygen atoms in total. The number of hydrogen-bond acceptors (Lipinski definition) is 5. The minimum Gasteiger partial charge on any atom is -0.465 e. The number of rotatable bonds is 8. The predicted octanol–water partition coefficient (Wildman–Crippen LogP) is 3.71. The van der Waals surface area contributed by atoms with E-state index in [-0.39, 0.29) is 12.4 Å². The largest absolute Gasteiger partial charge is 0.465 e. The fourth-order valence-corrected chi connectivity index (χ4v) is 2.75. The molecule has 2 rings (SSSR count). The highest BCUT2D eigenvalue weighted by Crippen LogP contribution is 2.22. The monoisotopic (exact) mass is 350 g/mol. The van der Waals surface area contributed by atoms with E-state index < -0.39 is 11.9 Å². The third-order valence-corrected chi connectivity index (χ3v) is 4.05. The highest BCUT2D eigenvalue weighted by Gasteiger charge is 2.27. The van der Waals surface area contributed by atoms with Crippen molar-refractivity contribution in [3.05, 3.63) is 53.7 Å². The molecular formula is C21H22N2O3. The molecule has 0 fully saturated rings. The maximum absolute atomic E-state index is 12.3. The van der Waals surface area contributed by atoms with Crippen LogP contribution in [0.15, 0.2) is 42.6 Å². The van der Waals surface area contributed by atoms with Crippen molar-refractivity contribution < 1.29 is 14.3 Å². The molecule has 1 heterocycles. The van der Waals surface area contributed by atoms with Crippen LogP contribution >= 0.6 is 0 Å². The van der Waals surface area contributed by atoms with Gasteiger partial charge in [0.05, 0.1) is 17.9 Å². The number of nitriles is 1. The molecule has 134 valence electrons. The summed E-state index contributed by atoms with van der Waals surface area (Å²) in [5.41, 5.74) is 2.80. The Morgan fingerprint density at radius 2 is 1.92 bits per heavy atom. The summed E-state index contributed by atoms with van der Waals surface area (Å²) in [6.07, 6.45) is 3.01. The second kappa shape index (κ2) is 9.47. The lowest BCUT2D eigenvalue weighted by atomic mass is 9.92. The third-order valence-electron chi connectivity index (χ3n) is 4.05. The number of esters is 1. The number of Topliss-reactive ketones (excluding diaryl/α,β-unsaturated/α-hetero) is 1. The summed E-state index contributed by atoms with van der Waals surface area (Å²) in [4.78, 5) is 28.7. The quantitative estimate of drug-likeness (QED) is 0.535. The fourth-order valence-electron chi connectivity index (χ4n) is 2.75. The molecule has 0 spiro atoms. The molecule has 0 N–H and O–H groups in total. The first-order valence-electron chi connectivity index (χ1n) is 8.74. The smallest absolute Gasteiger partial charge is 0.316 e. The van der Waals surface area contributed by atoms with Crippen molar-refractivity contribution in [3.8, 4) is 17.3 Å². The van der Waals surface area contributed by atoms with Crippen molar-refractivity contribution in [2.75, 3.05) is 6.61 Å². The number of nitrogens with zero attached hydrogens (tertiary/aromatic N) is 2. The molecule has 0 saturated heterocycles. The number of aromatic nitrogens is 1. The van der Waals surface area contributed by atoms with Gasteiger partial charge in [-0.3, -0.25) is 14.6 Å². The molecule has 0 saturated carbocycles. The average molecular weight is 350 g/mol. The first-order valence-corrected chi connectivity index (χ1v) is 8.74. The Morgan fingerprint density at radius 1 is 1.19 bits per heavy atom. The SMILES string of the molecule is CCCC(=O)C(Cc1ccc(-c2ncccc2C#N)cc1)C(=O)OCC. The minimum atomic E-state index is -0.773. The zero-order valence-corrected chi connectivity index (χ0v) is 15.1. The van der Waals surface area contributed by atoms with E-state index in [2.05, 4.69) is 11.1 Å². The van der Waals surface area contributed by atoms with Crippen LogP contribution in [0, 0.1) is 17.2 Å². The average Bonchev–Trinajstić information content (AvgIpc) is 2.67. The minimum absolute atomic E-state index is 0.0912. The summed E-state index contributed by atoms with van der Waals surface area (Å²) < 4.78 is 5.06. The Hall–Kier alpha value is -3.00. The van der Waals surface area contributed by atoms with Crippen molar-refractivity contribution in [2.45, 2.75) is 33.1 Å². The van der Waals surface area contributed by atoms with Gasteiger partial charge < -0.3 is 4.74 Å². The van der Waals surface area contributed by atoms with Crippen LogP contribution in [0.5, 0.6) is 0 Å². The van der Waals surface area contributed by atoms with E-state index in [9.17, 15) is 14.9 Å². The number of benzene rings is 1. The molecule has 1 aromatic carbocycles. The number of ketones is 1. The molecule has 0 radical (unpaired) electrons. The number of carbonyl (C=O) groups is 2. The van der Waals surface area contributed by atoms with E-state index in [0.717, 1.165) is 11.1 Å². The lowest BCUT2D eigenvalue weighted by molar-refractivity contribution is -0.151. The number of hydrogen-bond donors (Lipinski definition) is 0. The zero-order chi connectivity index (χ0) is 18.9. The van der Waals surface area contributed by atoms with E-state index in [1.165, 1.54) is 0 Å². The molecule has 2 aromatic rings. The topological polar surface area (TPSA) is 80.0 Å². The molecule has 5 heteroatoms. The first kappa shape index (κ1) is 19.3. The van der Waals surface area contributed by atoms with Gasteiger partial charge in [-0.15, -0.1) is 0 Å². The fraction of sp³-hybridized carbons (Fsp3) is 0.333. The highest BCUT2D eigenvalue weighted by molar-refractivity contribution is 5.99. The Labute approximate surface area is 153 Å². The molecule has 26 heavy (non-hydrogen) atoms. The lowest BCUT2D eigenvalue weighted by Gasteiger charge is -2.14. The van der Waals surface area contributed by atoms with Gasteiger partial charge in [0.2, 0.25) is 0 Å². The Kier molecular flexibility index (Phi) is 7.04. The summed E-state index contributed by atoms with van der Waals surface area (Å²) in [6, 6.07) is 13.0. The molecule has 0 aliphatic rings. The first-order chi connectivity index (χ1) is 12.6. The molecule has 0 aliphatic heterocycles. The molecular weight excluding hydrogens is 328 g/mol. The molecule has 1 atom stereocenters. The second-order valence-electron chi connectivity index (χ2n) is 5.93. The molecule has 1 unspecified atom stereocenters. The van der Waals surface area contributed by atoms with Crippen molar-refractivity contribution in [1.29, 1.82) is 5.26 Å². The van der Waals surface area contributed by atoms with Gasteiger partial charge in [-0.25, -0.2) is 0 Å². The summed E-state index contributed by atoms with van der Waals surface area (Å²) in [5, 5.41) is 9.20. The summed E-state index contributed by atoms with van der Waals surface area (Å²) in [5.74, 6) is -1.33. The van der Waals surface area contributed by atoms with Crippen LogP contribution in [0.3, 0.4) is 0 Å². The van der Waals surface area contributed by atoms with E-state index >= 15 is 0 Å². The molecule has 1 aromatic heterocycles. The second-order valence-corrected chi connectivity index (χ2v) is 5.93. The van der Waals surface area contributed by atoms with Crippen molar-refractivity contribution >= 4 is 11.8 Å². The number of ether oxygens (including phenoxy) is 1.